The number of nitrogens with zero attached hydrogens (tertiary/aromatic N) is 2. The maximum absolute atomic E-state index is 13.5. The summed E-state index contributed by atoms with van der Waals surface area (Å²) in [4.78, 5) is 16.3. The highest BCUT2D eigenvalue weighted by Gasteiger charge is 2.31. The molecule has 2 aromatic heterocycles. The lowest BCUT2D eigenvalue weighted by Crippen LogP contribution is -2.38. The second-order valence-electron chi connectivity index (χ2n) is 8.05. The standard InChI is InChI=1S/C23H25BrN2O4S2/c1-17-8-10-26(11-9-17)32(28,29)22-14-18(6-7-21(22)24)23(27)25(15-19-4-2-12-30-19)16-20-5-3-13-31-20/h2-7,12-14,17H,8-11,15-16H2,1H3. The molecular weight excluding hydrogens is 512 g/mol. The zero-order valence-electron chi connectivity index (χ0n) is 17.7. The van der Waals surface area contributed by atoms with Crippen molar-refractivity contribution in [3.63, 3.8) is 0 Å². The van der Waals surface area contributed by atoms with Gasteiger partial charge in [0.1, 0.15) is 5.76 Å². The first-order chi connectivity index (χ1) is 15.3. The van der Waals surface area contributed by atoms with Gasteiger partial charge in [0.15, 0.2) is 0 Å². The van der Waals surface area contributed by atoms with Crippen molar-refractivity contribution in [1.29, 1.82) is 0 Å². The first-order valence-electron chi connectivity index (χ1n) is 10.5. The molecule has 1 aliphatic rings. The number of thiophene rings is 1. The lowest BCUT2D eigenvalue weighted by Gasteiger charge is -2.30. The Kier molecular flexibility index (Phi) is 7.19. The van der Waals surface area contributed by atoms with Crippen molar-refractivity contribution >= 4 is 43.2 Å². The van der Waals surface area contributed by atoms with E-state index in [4.69, 9.17) is 4.42 Å². The van der Waals surface area contributed by atoms with Crippen LogP contribution in [0.1, 0.15) is 40.8 Å². The average molecular weight is 538 g/mol. The Morgan fingerprint density at radius 1 is 1.19 bits per heavy atom. The molecule has 1 saturated heterocycles. The van der Waals surface area contributed by atoms with Gasteiger partial charge in [-0.25, -0.2) is 8.42 Å². The lowest BCUT2D eigenvalue weighted by atomic mass is 10.0. The number of amides is 1. The van der Waals surface area contributed by atoms with E-state index in [2.05, 4.69) is 22.9 Å². The molecule has 1 amide bonds. The fourth-order valence-corrected chi connectivity index (χ4v) is 6.90. The summed E-state index contributed by atoms with van der Waals surface area (Å²) in [6.45, 7) is 3.85. The van der Waals surface area contributed by atoms with Gasteiger partial charge < -0.3 is 9.32 Å². The molecule has 170 valence electrons. The molecule has 4 rings (SSSR count). The lowest BCUT2D eigenvalue weighted by molar-refractivity contribution is 0.0719. The molecule has 0 N–H and O–H groups in total. The molecule has 0 unspecified atom stereocenters. The van der Waals surface area contributed by atoms with Crippen LogP contribution in [-0.2, 0) is 23.1 Å². The van der Waals surface area contributed by atoms with E-state index in [-0.39, 0.29) is 10.8 Å². The van der Waals surface area contributed by atoms with Gasteiger partial charge in [0.25, 0.3) is 5.91 Å². The molecule has 1 aromatic carbocycles. The van der Waals surface area contributed by atoms with Gasteiger partial charge in [-0.2, -0.15) is 4.31 Å². The summed E-state index contributed by atoms with van der Waals surface area (Å²) in [6, 6.07) is 12.3. The molecule has 3 aromatic rings. The summed E-state index contributed by atoms with van der Waals surface area (Å²) in [7, 11) is -3.70. The topological polar surface area (TPSA) is 70.8 Å². The van der Waals surface area contributed by atoms with Crippen molar-refractivity contribution in [1.82, 2.24) is 9.21 Å². The number of benzene rings is 1. The molecule has 9 heteroatoms. The summed E-state index contributed by atoms with van der Waals surface area (Å²) in [5.74, 6) is 0.943. The Labute approximate surface area is 201 Å². The Bertz CT molecular complexity index is 1120. The van der Waals surface area contributed by atoms with Crippen LogP contribution in [-0.4, -0.2) is 36.6 Å². The van der Waals surface area contributed by atoms with Crippen LogP contribution in [0.4, 0.5) is 0 Å². The normalized spacial score (nSPS) is 15.7. The number of furan rings is 1. The van der Waals surface area contributed by atoms with E-state index in [0.717, 1.165) is 17.7 Å². The van der Waals surface area contributed by atoms with Crippen molar-refractivity contribution in [2.45, 2.75) is 37.8 Å². The third-order valence-electron chi connectivity index (χ3n) is 5.68. The summed E-state index contributed by atoms with van der Waals surface area (Å²) in [5, 5.41) is 1.97. The SMILES string of the molecule is CC1CCN(S(=O)(=O)c2cc(C(=O)N(Cc3ccco3)Cc3cccs3)ccc2Br)CC1. The number of carbonyl (C=O) groups excluding carboxylic acids is 1. The molecule has 1 fully saturated rings. The van der Waals surface area contributed by atoms with E-state index in [1.54, 1.807) is 40.7 Å². The molecule has 32 heavy (non-hydrogen) atoms. The zero-order valence-corrected chi connectivity index (χ0v) is 21.0. The van der Waals surface area contributed by atoms with Crippen molar-refractivity contribution in [2.24, 2.45) is 5.92 Å². The van der Waals surface area contributed by atoms with E-state index < -0.39 is 10.0 Å². The van der Waals surface area contributed by atoms with Gasteiger partial charge in [0.2, 0.25) is 10.0 Å². The van der Waals surface area contributed by atoms with Gasteiger partial charge in [0, 0.05) is 28.0 Å². The minimum atomic E-state index is -3.70. The Morgan fingerprint density at radius 3 is 2.62 bits per heavy atom. The first-order valence-corrected chi connectivity index (χ1v) is 13.6. The summed E-state index contributed by atoms with van der Waals surface area (Å²) >= 11 is 4.95. The van der Waals surface area contributed by atoms with Crippen LogP contribution >= 0.6 is 27.3 Å². The van der Waals surface area contributed by atoms with Gasteiger partial charge in [-0.3, -0.25) is 4.79 Å². The Morgan fingerprint density at radius 2 is 1.97 bits per heavy atom. The van der Waals surface area contributed by atoms with Crippen LogP contribution in [0.25, 0.3) is 0 Å². The number of sulfonamides is 1. The van der Waals surface area contributed by atoms with Gasteiger partial charge >= 0.3 is 0 Å². The van der Waals surface area contributed by atoms with Gasteiger partial charge in [-0.15, -0.1) is 11.3 Å². The van der Waals surface area contributed by atoms with E-state index in [1.165, 1.54) is 10.4 Å². The van der Waals surface area contributed by atoms with Crippen molar-refractivity contribution in [3.8, 4) is 0 Å². The van der Waals surface area contributed by atoms with Crippen LogP contribution in [0.5, 0.6) is 0 Å². The zero-order chi connectivity index (χ0) is 22.7. The maximum atomic E-state index is 13.5. The number of halogens is 1. The quantitative estimate of drug-likeness (QED) is 0.407. The molecule has 0 aliphatic carbocycles. The fraction of sp³-hybridized carbons (Fsp3) is 0.348. The number of rotatable bonds is 7. The highest BCUT2D eigenvalue weighted by molar-refractivity contribution is 9.10. The van der Waals surface area contributed by atoms with Gasteiger partial charge in [0.05, 0.1) is 24.2 Å². The minimum absolute atomic E-state index is 0.131. The third kappa shape index (κ3) is 5.17. The third-order valence-corrected chi connectivity index (χ3v) is 9.43. The number of piperidine rings is 1. The van der Waals surface area contributed by atoms with Crippen LogP contribution < -0.4 is 0 Å². The van der Waals surface area contributed by atoms with Crippen molar-refractivity contribution in [2.75, 3.05) is 13.1 Å². The van der Waals surface area contributed by atoms with Crippen molar-refractivity contribution < 1.29 is 17.6 Å². The van der Waals surface area contributed by atoms with Gasteiger partial charge in [-0.05, 0) is 76.5 Å². The predicted molar refractivity (Wildman–Crippen MR) is 128 cm³/mol. The van der Waals surface area contributed by atoms with Gasteiger partial charge in [-0.1, -0.05) is 13.0 Å². The Hall–Kier alpha value is -1.94. The van der Waals surface area contributed by atoms with E-state index in [0.29, 0.717) is 47.9 Å². The molecular formula is C23H25BrN2O4S2. The number of hydrogen-bond donors (Lipinski definition) is 0. The van der Waals surface area contributed by atoms with Crippen LogP contribution in [0.2, 0.25) is 0 Å². The monoisotopic (exact) mass is 536 g/mol. The second kappa shape index (κ2) is 9.91. The van der Waals surface area contributed by atoms with Crippen LogP contribution in [0, 0.1) is 5.92 Å². The molecule has 1 aliphatic heterocycles. The smallest absolute Gasteiger partial charge is 0.254 e. The summed E-state index contributed by atoms with van der Waals surface area (Å²) in [6.07, 6.45) is 3.26. The first kappa shape index (κ1) is 23.2. The molecule has 0 atom stereocenters. The molecule has 0 bridgehead atoms. The molecule has 0 spiro atoms. The number of carbonyl (C=O) groups is 1. The average Bonchev–Trinajstić information content (AvgIpc) is 3.48. The molecule has 0 radical (unpaired) electrons. The van der Waals surface area contributed by atoms with E-state index in [9.17, 15) is 13.2 Å². The van der Waals surface area contributed by atoms with E-state index in [1.807, 2.05) is 23.6 Å². The molecule has 6 nitrogen and oxygen atoms in total. The fourth-order valence-electron chi connectivity index (χ4n) is 3.76. The highest BCUT2D eigenvalue weighted by atomic mass is 79.9. The number of hydrogen-bond acceptors (Lipinski definition) is 5. The highest BCUT2D eigenvalue weighted by Crippen LogP contribution is 2.30. The summed E-state index contributed by atoms with van der Waals surface area (Å²) in [5.41, 5.74) is 0.334. The van der Waals surface area contributed by atoms with Crippen LogP contribution in [0.15, 0.2) is 67.9 Å². The predicted octanol–water partition coefficient (Wildman–Crippen LogP) is 5.37. The van der Waals surface area contributed by atoms with Crippen LogP contribution in [0.3, 0.4) is 0 Å². The molecule has 3 heterocycles. The van der Waals surface area contributed by atoms with E-state index >= 15 is 0 Å². The summed E-state index contributed by atoms with van der Waals surface area (Å²) < 4.78 is 34.1. The van der Waals surface area contributed by atoms with Crippen molar-refractivity contribution in [3.05, 3.63) is 74.8 Å². The minimum Gasteiger partial charge on any atom is -0.467 e. The maximum Gasteiger partial charge on any atom is 0.254 e. The Balaban J connectivity index is 1.63. The second-order valence-corrected chi connectivity index (χ2v) is 11.8. The molecule has 0 saturated carbocycles. The largest absolute Gasteiger partial charge is 0.467 e.